The van der Waals surface area contributed by atoms with Crippen molar-refractivity contribution in [3.63, 3.8) is 0 Å². The molecule has 3 heterocycles. The Morgan fingerprint density at radius 3 is 2.61 bits per heavy atom. The highest BCUT2D eigenvalue weighted by Gasteiger charge is 2.29. The van der Waals surface area contributed by atoms with E-state index < -0.39 is 0 Å². The summed E-state index contributed by atoms with van der Waals surface area (Å²) in [4.78, 5) is 0.911. The number of hydrogen-bond donors (Lipinski definition) is 1. The largest absolute Gasteiger partial charge is 0.316 e. The summed E-state index contributed by atoms with van der Waals surface area (Å²) in [5.41, 5.74) is -0.0218. The Kier molecular flexibility index (Phi) is 2.67. The van der Waals surface area contributed by atoms with Crippen LogP contribution in [0.2, 0.25) is 0 Å². The molecule has 0 aliphatic carbocycles. The second-order valence-electron chi connectivity index (χ2n) is 6.12. The molecule has 1 aliphatic heterocycles. The van der Waals surface area contributed by atoms with Crippen LogP contribution in [0.1, 0.15) is 44.4 Å². The van der Waals surface area contributed by atoms with Crippen molar-refractivity contribution in [2.24, 2.45) is 5.92 Å². The average molecular weight is 265 g/mol. The Hall–Kier alpha value is -1.01. The predicted octanol–water partition coefficient (Wildman–Crippen LogP) is 1.81. The molecule has 3 rings (SSSR count). The molecule has 1 unspecified atom stereocenters. The Morgan fingerprint density at radius 2 is 2.06 bits per heavy atom. The van der Waals surface area contributed by atoms with E-state index in [0.717, 1.165) is 23.9 Å². The minimum atomic E-state index is -0.0218. The Morgan fingerprint density at radius 1 is 1.33 bits per heavy atom. The third-order valence-electron chi connectivity index (χ3n) is 3.59. The van der Waals surface area contributed by atoms with Crippen LogP contribution in [0.25, 0.3) is 4.96 Å². The highest BCUT2D eigenvalue weighted by Crippen LogP contribution is 2.31. The summed E-state index contributed by atoms with van der Waals surface area (Å²) in [5.74, 6) is 2.16. The monoisotopic (exact) mass is 265 g/mol. The summed E-state index contributed by atoms with van der Waals surface area (Å²) in [6.45, 7) is 10.9. The van der Waals surface area contributed by atoms with Gasteiger partial charge in [0.15, 0.2) is 5.82 Å². The van der Waals surface area contributed by atoms with Crippen LogP contribution in [0.5, 0.6) is 0 Å². The van der Waals surface area contributed by atoms with Crippen molar-refractivity contribution in [1.29, 1.82) is 0 Å². The highest BCUT2D eigenvalue weighted by atomic mass is 32.1. The molecule has 1 fully saturated rings. The molecule has 0 radical (unpaired) electrons. The highest BCUT2D eigenvalue weighted by molar-refractivity contribution is 7.16. The third kappa shape index (κ3) is 1.83. The van der Waals surface area contributed by atoms with E-state index in [1.54, 1.807) is 11.3 Å². The Labute approximate surface area is 111 Å². The SMILES string of the molecule is CC(c1nn2c(C(C)(C)C)nnc2s1)C1CNC1. The van der Waals surface area contributed by atoms with Gasteiger partial charge in [-0.1, -0.05) is 39.0 Å². The van der Waals surface area contributed by atoms with E-state index >= 15 is 0 Å². The van der Waals surface area contributed by atoms with Gasteiger partial charge in [-0.05, 0) is 19.0 Å². The van der Waals surface area contributed by atoms with Crippen LogP contribution in [-0.4, -0.2) is 32.9 Å². The maximum Gasteiger partial charge on any atom is 0.234 e. The molecular weight excluding hydrogens is 246 g/mol. The number of aromatic nitrogens is 4. The molecule has 2 aromatic heterocycles. The van der Waals surface area contributed by atoms with Crippen molar-refractivity contribution in [2.45, 2.75) is 39.0 Å². The van der Waals surface area contributed by atoms with Crippen molar-refractivity contribution in [3.05, 3.63) is 10.8 Å². The van der Waals surface area contributed by atoms with E-state index in [0.29, 0.717) is 11.8 Å². The zero-order chi connectivity index (χ0) is 12.9. The van der Waals surface area contributed by atoms with Gasteiger partial charge in [0, 0.05) is 11.3 Å². The summed E-state index contributed by atoms with van der Waals surface area (Å²) in [7, 11) is 0. The summed E-state index contributed by atoms with van der Waals surface area (Å²) in [6.07, 6.45) is 0. The minimum absolute atomic E-state index is 0.0218. The van der Waals surface area contributed by atoms with Gasteiger partial charge in [-0.15, -0.1) is 10.2 Å². The number of hydrogen-bond acceptors (Lipinski definition) is 5. The Bertz CT molecular complexity index is 561. The predicted molar refractivity (Wildman–Crippen MR) is 72.1 cm³/mol. The topological polar surface area (TPSA) is 55.1 Å². The molecule has 1 N–H and O–H groups in total. The fourth-order valence-corrected chi connectivity index (χ4v) is 3.13. The summed E-state index contributed by atoms with van der Waals surface area (Å²) < 4.78 is 1.92. The number of nitrogens with one attached hydrogen (secondary N) is 1. The van der Waals surface area contributed by atoms with Crippen molar-refractivity contribution >= 4 is 16.3 Å². The molecule has 0 saturated carbocycles. The van der Waals surface area contributed by atoms with Crippen molar-refractivity contribution < 1.29 is 0 Å². The Balaban J connectivity index is 1.98. The van der Waals surface area contributed by atoms with E-state index in [4.69, 9.17) is 5.10 Å². The maximum absolute atomic E-state index is 4.72. The molecule has 0 spiro atoms. The summed E-state index contributed by atoms with van der Waals surface area (Å²) >= 11 is 1.67. The molecular formula is C12H19N5S. The fourth-order valence-electron chi connectivity index (χ4n) is 2.15. The third-order valence-corrected chi connectivity index (χ3v) is 4.69. The van der Waals surface area contributed by atoms with Gasteiger partial charge in [-0.2, -0.15) is 9.61 Å². The first kappa shape index (κ1) is 12.0. The minimum Gasteiger partial charge on any atom is -0.316 e. The van der Waals surface area contributed by atoms with E-state index in [1.165, 1.54) is 5.01 Å². The molecule has 6 heteroatoms. The average Bonchev–Trinajstić information content (AvgIpc) is 2.69. The summed E-state index contributed by atoms with van der Waals surface area (Å²) in [6, 6.07) is 0. The number of nitrogens with zero attached hydrogens (tertiary/aromatic N) is 4. The van der Waals surface area contributed by atoms with Gasteiger partial charge in [0.25, 0.3) is 0 Å². The van der Waals surface area contributed by atoms with Gasteiger partial charge in [0.05, 0.1) is 0 Å². The smallest absolute Gasteiger partial charge is 0.234 e. The van der Waals surface area contributed by atoms with E-state index in [9.17, 15) is 0 Å². The quantitative estimate of drug-likeness (QED) is 0.899. The van der Waals surface area contributed by atoms with E-state index in [1.807, 2.05) is 4.52 Å². The lowest BCUT2D eigenvalue weighted by Crippen LogP contribution is -2.44. The fraction of sp³-hybridized carbons (Fsp3) is 0.750. The molecule has 0 bridgehead atoms. The van der Waals surface area contributed by atoms with Gasteiger partial charge in [0.2, 0.25) is 4.96 Å². The molecule has 18 heavy (non-hydrogen) atoms. The van der Waals surface area contributed by atoms with Gasteiger partial charge in [0.1, 0.15) is 5.01 Å². The van der Waals surface area contributed by atoms with Crippen molar-refractivity contribution in [1.82, 2.24) is 25.1 Å². The summed E-state index contributed by atoms with van der Waals surface area (Å²) in [5, 5.41) is 17.7. The normalized spacial score (nSPS) is 19.1. The molecule has 2 aromatic rings. The first-order valence-corrected chi connectivity index (χ1v) is 7.22. The van der Waals surface area contributed by atoms with Gasteiger partial charge >= 0.3 is 0 Å². The molecule has 98 valence electrons. The van der Waals surface area contributed by atoms with Crippen molar-refractivity contribution in [3.8, 4) is 0 Å². The molecule has 1 saturated heterocycles. The van der Waals surface area contributed by atoms with Crippen molar-refractivity contribution in [2.75, 3.05) is 13.1 Å². The zero-order valence-electron chi connectivity index (χ0n) is 11.3. The molecule has 0 amide bonds. The van der Waals surface area contributed by atoms with Gasteiger partial charge < -0.3 is 5.32 Å². The van der Waals surface area contributed by atoms with Crippen LogP contribution in [0.4, 0.5) is 0 Å². The van der Waals surface area contributed by atoms with E-state index in [-0.39, 0.29) is 5.41 Å². The molecule has 5 nitrogen and oxygen atoms in total. The van der Waals surface area contributed by atoms with Crippen LogP contribution in [0, 0.1) is 5.92 Å². The second-order valence-corrected chi connectivity index (χ2v) is 7.10. The molecule has 1 atom stereocenters. The molecule has 1 aliphatic rings. The van der Waals surface area contributed by atoms with Crippen LogP contribution in [-0.2, 0) is 5.41 Å². The standard InChI is InChI=1S/C12H19N5S/c1-7(8-5-13-6-8)9-16-17-10(12(2,3)4)14-15-11(17)18-9/h7-8,13H,5-6H2,1-4H3. The number of rotatable bonds is 2. The zero-order valence-corrected chi connectivity index (χ0v) is 12.1. The second kappa shape index (κ2) is 3.99. The lowest BCUT2D eigenvalue weighted by Gasteiger charge is -2.31. The lowest BCUT2D eigenvalue weighted by molar-refractivity contribution is 0.301. The van der Waals surface area contributed by atoms with Gasteiger partial charge in [-0.25, -0.2) is 0 Å². The van der Waals surface area contributed by atoms with Crippen LogP contribution >= 0.6 is 11.3 Å². The first-order chi connectivity index (χ1) is 8.47. The lowest BCUT2D eigenvalue weighted by atomic mass is 9.90. The maximum atomic E-state index is 4.72. The molecule has 0 aromatic carbocycles. The van der Waals surface area contributed by atoms with E-state index in [2.05, 4.69) is 43.2 Å². The van der Waals surface area contributed by atoms with Crippen LogP contribution in [0.3, 0.4) is 0 Å². The van der Waals surface area contributed by atoms with Crippen LogP contribution < -0.4 is 5.32 Å². The number of fused-ring (bicyclic) bond motifs is 1. The van der Waals surface area contributed by atoms with Gasteiger partial charge in [-0.3, -0.25) is 0 Å². The first-order valence-electron chi connectivity index (χ1n) is 6.40. The van der Waals surface area contributed by atoms with Crippen LogP contribution in [0.15, 0.2) is 0 Å².